The van der Waals surface area contributed by atoms with Crippen molar-refractivity contribution in [3.05, 3.63) is 23.5 Å². The smallest absolute Gasteiger partial charge is 0.143 e. The van der Waals surface area contributed by atoms with E-state index in [1.165, 1.54) is 0 Å². The predicted molar refractivity (Wildman–Crippen MR) is 46.0 cm³/mol. The maximum absolute atomic E-state index is 5.95. The minimum absolute atomic E-state index is 0.414. The van der Waals surface area contributed by atoms with Crippen LogP contribution in [0.15, 0.2) is 12.3 Å². The number of nitrogens with zero attached hydrogens (tertiary/aromatic N) is 1. The van der Waals surface area contributed by atoms with Gasteiger partial charge in [-0.2, -0.15) is 0 Å². The van der Waals surface area contributed by atoms with Gasteiger partial charge in [0, 0.05) is 6.20 Å². The molecule has 0 fully saturated rings. The fourth-order valence-electron chi connectivity index (χ4n) is 1.38. The highest BCUT2D eigenvalue weighted by Gasteiger charge is 2.33. The average Bonchev–Trinajstić information content (AvgIpc) is 2.27. The van der Waals surface area contributed by atoms with Crippen LogP contribution in [0.25, 0.3) is 0 Å². The number of aromatic nitrogens is 1. The standard InChI is InChI=1S/C9H12N2O/c1-6-3-7-8(11-4-6)9(2,10)5-12-7/h3-4H,5,10H2,1-2H3. The summed E-state index contributed by atoms with van der Waals surface area (Å²) in [4.78, 5) is 4.26. The molecule has 0 saturated heterocycles. The second kappa shape index (κ2) is 2.20. The molecule has 1 aliphatic rings. The van der Waals surface area contributed by atoms with Crippen LogP contribution in [0.2, 0.25) is 0 Å². The maximum atomic E-state index is 5.95. The van der Waals surface area contributed by atoms with Crippen LogP contribution in [0.3, 0.4) is 0 Å². The number of pyridine rings is 1. The van der Waals surface area contributed by atoms with Crippen molar-refractivity contribution in [1.29, 1.82) is 0 Å². The van der Waals surface area contributed by atoms with Crippen LogP contribution in [0.1, 0.15) is 18.2 Å². The molecule has 3 heteroatoms. The molecule has 2 N–H and O–H groups in total. The second-order valence-electron chi connectivity index (χ2n) is 3.57. The molecule has 3 nitrogen and oxygen atoms in total. The molecule has 0 spiro atoms. The molecule has 1 aromatic heterocycles. The summed E-state index contributed by atoms with van der Waals surface area (Å²) in [5, 5.41) is 0. The Bertz CT molecular complexity index is 320. The van der Waals surface area contributed by atoms with Gasteiger partial charge in [-0.3, -0.25) is 4.98 Å². The van der Waals surface area contributed by atoms with Crippen LogP contribution in [-0.4, -0.2) is 11.6 Å². The van der Waals surface area contributed by atoms with Crippen LogP contribution in [0.4, 0.5) is 0 Å². The number of fused-ring (bicyclic) bond motifs is 1. The normalized spacial score (nSPS) is 26.6. The Morgan fingerprint density at radius 1 is 1.67 bits per heavy atom. The van der Waals surface area contributed by atoms with Crippen molar-refractivity contribution in [2.75, 3.05) is 6.61 Å². The largest absolute Gasteiger partial charge is 0.489 e. The molecule has 0 aromatic carbocycles. The SMILES string of the molecule is Cc1cnc2c(c1)OCC2(C)N. The first kappa shape index (κ1) is 7.55. The Morgan fingerprint density at radius 2 is 2.42 bits per heavy atom. The van der Waals surface area contributed by atoms with Crippen LogP contribution in [-0.2, 0) is 5.54 Å². The van der Waals surface area contributed by atoms with Gasteiger partial charge in [-0.25, -0.2) is 0 Å². The molecule has 1 unspecified atom stereocenters. The highest BCUT2D eigenvalue weighted by atomic mass is 16.5. The zero-order chi connectivity index (χ0) is 8.77. The van der Waals surface area contributed by atoms with Gasteiger partial charge >= 0.3 is 0 Å². The topological polar surface area (TPSA) is 48.1 Å². The fourth-order valence-corrected chi connectivity index (χ4v) is 1.38. The molecule has 0 aliphatic carbocycles. The van der Waals surface area contributed by atoms with E-state index < -0.39 is 5.54 Å². The average molecular weight is 164 g/mol. The Kier molecular flexibility index (Phi) is 1.38. The van der Waals surface area contributed by atoms with Gasteiger partial charge in [0.05, 0.1) is 5.54 Å². The third-order valence-corrected chi connectivity index (χ3v) is 2.06. The molecule has 2 heterocycles. The summed E-state index contributed by atoms with van der Waals surface area (Å²) >= 11 is 0. The Hall–Kier alpha value is -1.09. The van der Waals surface area contributed by atoms with Crippen molar-refractivity contribution in [3.8, 4) is 5.75 Å². The van der Waals surface area contributed by atoms with Gasteiger partial charge in [0.2, 0.25) is 0 Å². The first-order valence-corrected chi connectivity index (χ1v) is 3.98. The lowest BCUT2D eigenvalue weighted by atomic mass is 10.0. The van der Waals surface area contributed by atoms with Crippen LogP contribution in [0.5, 0.6) is 5.75 Å². The van der Waals surface area contributed by atoms with Gasteiger partial charge in [0.15, 0.2) is 0 Å². The van der Waals surface area contributed by atoms with Gasteiger partial charge < -0.3 is 10.5 Å². The van der Waals surface area contributed by atoms with Gasteiger partial charge in [0.1, 0.15) is 18.1 Å². The summed E-state index contributed by atoms with van der Waals surface area (Å²) in [6.07, 6.45) is 1.82. The summed E-state index contributed by atoms with van der Waals surface area (Å²) in [7, 11) is 0. The van der Waals surface area contributed by atoms with E-state index >= 15 is 0 Å². The molecule has 0 saturated carbocycles. The predicted octanol–water partition coefficient (Wildman–Crippen LogP) is 0.956. The molecule has 64 valence electrons. The van der Waals surface area contributed by atoms with Gasteiger partial charge in [0.25, 0.3) is 0 Å². The van der Waals surface area contributed by atoms with Gasteiger partial charge in [-0.05, 0) is 25.5 Å². The van der Waals surface area contributed by atoms with E-state index in [1.807, 2.05) is 26.1 Å². The van der Waals surface area contributed by atoms with Crippen molar-refractivity contribution in [2.45, 2.75) is 19.4 Å². The summed E-state index contributed by atoms with van der Waals surface area (Å²) in [5.41, 5.74) is 7.51. The van der Waals surface area contributed by atoms with E-state index in [0.29, 0.717) is 6.61 Å². The van der Waals surface area contributed by atoms with Crippen molar-refractivity contribution in [1.82, 2.24) is 4.98 Å². The number of rotatable bonds is 0. The lowest BCUT2D eigenvalue weighted by Gasteiger charge is -2.13. The van der Waals surface area contributed by atoms with E-state index in [-0.39, 0.29) is 0 Å². The fraction of sp³-hybridized carbons (Fsp3) is 0.444. The highest BCUT2D eigenvalue weighted by molar-refractivity contribution is 5.38. The third-order valence-electron chi connectivity index (χ3n) is 2.06. The Morgan fingerprint density at radius 3 is 3.17 bits per heavy atom. The van der Waals surface area contributed by atoms with Crippen molar-refractivity contribution < 1.29 is 4.74 Å². The molecule has 2 rings (SSSR count). The minimum atomic E-state index is -0.414. The van der Waals surface area contributed by atoms with E-state index in [9.17, 15) is 0 Å². The second-order valence-corrected chi connectivity index (χ2v) is 3.57. The first-order chi connectivity index (χ1) is 5.59. The van der Waals surface area contributed by atoms with Crippen molar-refractivity contribution in [2.24, 2.45) is 5.73 Å². The number of hydrogen-bond acceptors (Lipinski definition) is 3. The van der Waals surface area contributed by atoms with E-state index in [0.717, 1.165) is 17.0 Å². The number of ether oxygens (including phenoxy) is 1. The Labute approximate surface area is 71.6 Å². The molecule has 0 radical (unpaired) electrons. The molecule has 0 bridgehead atoms. The van der Waals surface area contributed by atoms with E-state index in [4.69, 9.17) is 10.5 Å². The lowest BCUT2D eigenvalue weighted by molar-refractivity contribution is 0.282. The monoisotopic (exact) mass is 164 g/mol. The minimum Gasteiger partial charge on any atom is -0.489 e. The number of aryl methyl sites for hydroxylation is 1. The molecule has 1 aliphatic heterocycles. The molecule has 1 aromatic rings. The molecular formula is C9H12N2O. The van der Waals surface area contributed by atoms with Gasteiger partial charge in [-0.15, -0.1) is 0 Å². The van der Waals surface area contributed by atoms with Crippen LogP contribution in [0, 0.1) is 6.92 Å². The van der Waals surface area contributed by atoms with Crippen molar-refractivity contribution in [3.63, 3.8) is 0 Å². The summed E-state index contributed by atoms with van der Waals surface area (Å²) in [6, 6.07) is 1.97. The zero-order valence-corrected chi connectivity index (χ0v) is 7.29. The zero-order valence-electron chi connectivity index (χ0n) is 7.29. The van der Waals surface area contributed by atoms with Crippen molar-refractivity contribution >= 4 is 0 Å². The number of hydrogen-bond donors (Lipinski definition) is 1. The molecule has 0 amide bonds. The summed E-state index contributed by atoms with van der Waals surface area (Å²) in [6.45, 7) is 4.45. The quantitative estimate of drug-likeness (QED) is 0.621. The first-order valence-electron chi connectivity index (χ1n) is 3.98. The summed E-state index contributed by atoms with van der Waals surface area (Å²) in [5.74, 6) is 0.833. The van der Waals surface area contributed by atoms with Crippen LogP contribution >= 0.6 is 0 Å². The van der Waals surface area contributed by atoms with E-state index in [2.05, 4.69) is 4.98 Å². The van der Waals surface area contributed by atoms with Gasteiger partial charge in [-0.1, -0.05) is 0 Å². The third kappa shape index (κ3) is 0.975. The Balaban J connectivity index is 2.55. The molecule has 12 heavy (non-hydrogen) atoms. The van der Waals surface area contributed by atoms with Crippen LogP contribution < -0.4 is 10.5 Å². The molecule has 1 atom stereocenters. The number of nitrogens with two attached hydrogens (primary N) is 1. The lowest BCUT2D eigenvalue weighted by Crippen LogP contribution is -2.35. The molecular weight excluding hydrogens is 152 g/mol. The highest BCUT2D eigenvalue weighted by Crippen LogP contribution is 2.33. The maximum Gasteiger partial charge on any atom is 0.143 e. The van der Waals surface area contributed by atoms with E-state index in [1.54, 1.807) is 0 Å². The summed E-state index contributed by atoms with van der Waals surface area (Å²) < 4.78 is 5.41.